The molecule has 0 aliphatic rings. The molecule has 0 aliphatic heterocycles. The smallest absolute Gasteiger partial charge is 0.208 e. The Morgan fingerprint density at radius 3 is 2.62 bits per heavy atom. The fourth-order valence-corrected chi connectivity index (χ4v) is 3.81. The van der Waals surface area contributed by atoms with Gasteiger partial charge in [-0.15, -0.1) is 10.2 Å². The van der Waals surface area contributed by atoms with Crippen molar-refractivity contribution in [1.29, 1.82) is 5.26 Å². The molecule has 1 unspecified atom stereocenters. The number of hydrogen-bond donors (Lipinski definition) is 1. The summed E-state index contributed by atoms with van der Waals surface area (Å²) in [7, 11) is 3.94. The Bertz CT molecular complexity index is 466. The zero-order chi connectivity index (χ0) is 15.9. The summed E-state index contributed by atoms with van der Waals surface area (Å²) >= 11 is 3.37. The van der Waals surface area contributed by atoms with Crippen LogP contribution in [0.5, 0.6) is 0 Å². The van der Waals surface area contributed by atoms with Gasteiger partial charge in [0, 0.05) is 25.9 Å². The number of thioether (sulfide) groups is 1. The van der Waals surface area contributed by atoms with Gasteiger partial charge in [-0.1, -0.05) is 23.1 Å². The maximum Gasteiger partial charge on any atom is 0.208 e. The van der Waals surface area contributed by atoms with Gasteiger partial charge in [0.05, 0.1) is 6.07 Å². The topological polar surface area (TPSA) is 64.8 Å². The van der Waals surface area contributed by atoms with Gasteiger partial charge in [-0.25, -0.2) is 0 Å². The van der Waals surface area contributed by atoms with Gasteiger partial charge in [-0.05, 0) is 40.0 Å². The molecule has 0 aromatic carbocycles. The van der Waals surface area contributed by atoms with E-state index in [1.54, 1.807) is 23.1 Å². The number of hydrogen-bond acceptors (Lipinski definition) is 7. The van der Waals surface area contributed by atoms with Crippen LogP contribution in [0.3, 0.4) is 0 Å². The Balaban J connectivity index is 2.26. The monoisotopic (exact) mass is 327 g/mol. The third kappa shape index (κ3) is 6.64. The van der Waals surface area contributed by atoms with Crippen molar-refractivity contribution in [2.45, 2.75) is 56.0 Å². The second-order valence-corrected chi connectivity index (χ2v) is 8.09. The molecule has 1 aromatic rings. The fraction of sp³-hybridized carbons (Fsp3) is 0.786. The molecule has 0 saturated carbocycles. The Morgan fingerprint density at radius 1 is 1.38 bits per heavy atom. The zero-order valence-corrected chi connectivity index (χ0v) is 15.1. The summed E-state index contributed by atoms with van der Waals surface area (Å²) < 4.78 is 1.02. The van der Waals surface area contributed by atoms with Gasteiger partial charge in [0.2, 0.25) is 5.13 Å². The van der Waals surface area contributed by atoms with Crippen molar-refractivity contribution in [3.63, 3.8) is 0 Å². The summed E-state index contributed by atoms with van der Waals surface area (Å²) in [6.07, 6.45) is 3.00. The molecule has 0 bridgehead atoms. The number of anilines is 1. The van der Waals surface area contributed by atoms with E-state index in [9.17, 15) is 5.26 Å². The predicted molar refractivity (Wildman–Crippen MR) is 91.1 cm³/mol. The maximum absolute atomic E-state index is 9.28. The Labute approximate surface area is 136 Å². The molecule has 1 N–H and O–H groups in total. The van der Waals surface area contributed by atoms with E-state index in [0.717, 1.165) is 34.5 Å². The van der Waals surface area contributed by atoms with E-state index in [4.69, 9.17) is 0 Å². The van der Waals surface area contributed by atoms with Gasteiger partial charge >= 0.3 is 0 Å². The van der Waals surface area contributed by atoms with Crippen LogP contribution in [-0.4, -0.2) is 41.6 Å². The molecule has 1 aromatic heterocycles. The van der Waals surface area contributed by atoms with E-state index in [2.05, 4.69) is 35.4 Å². The molecule has 0 fully saturated rings. The van der Waals surface area contributed by atoms with Gasteiger partial charge in [0.15, 0.2) is 4.34 Å². The minimum Gasteiger partial charge on any atom is -0.353 e. The quantitative estimate of drug-likeness (QED) is 0.555. The van der Waals surface area contributed by atoms with E-state index < -0.39 is 5.54 Å². The molecule has 1 heterocycles. The largest absolute Gasteiger partial charge is 0.353 e. The molecule has 0 saturated heterocycles. The first-order valence-electron chi connectivity index (χ1n) is 7.19. The van der Waals surface area contributed by atoms with Crippen LogP contribution in [0, 0.1) is 11.3 Å². The van der Waals surface area contributed by atoms with Crippen molar-refractivity contribution >= 4 is 28.2 Å². The summed E-state index contributed by atoms with van der Waals surface area (Å²) in [5, 5.41) is 21.8. The highest BCUT2D eigenvalue weighted by Gasteiger charge is 2.23. The number of nitrogens with zero attached hydrogens (tertiary/aromatic N) is 4. The van der Waals surface area contributed by atoms with Crippen LogP contribution in [0.2, 0.25) is 0 Å². The standard InChI is InChI=1S/C14H25N5S2/c1-11(2)16-14(3,10-15)8-6-7-9-20-13-18-17-12(21-13)19(4)5/h11,16H,6-9H2,1-5H3. The van der Waals surface area contributed by atoms with Crippen LogP contribution in [0.1, 0.15) is 40.0 Å². The van der Waals surface area contributed by atoms with Crippen LogP contribution in [0.25, 0.3) is 0 Å². The first-order chi connectivity index (χ1) is 9.86. The van der Waals surface area contributed by atoms with E-state index in [1.165, 1.54) is 0 Å². The van der Waals surface area contributed by atoms with Crippen LogP contribution >= 0.6 is 23.1 Å². The molecule has 1 rings (SSSR count). The molecule has 21 heavy (non-hydrogen) atoms. The lowest BCUT2D eigenvalue weighted by Crippen LogP contribution is -2.44. The lowest BCUT2D eigenvalue weighted by atomic mass is 9.96. The van der Waals surface area contributed by atoms with Crippen molar-refractivity contribution in [3.8, 4) is 6.07 Å². The van der Waals surface area contributed by atoms with Crippen LogP contribution in [0.15, 0.2) is 4.34 Å². The summed E-state index contributed by atoms with van der Waals surface area (Å²) in [5.41, 5.74) is -0.417. The summed E-state index contributed by atoms with van der Waals surface area (Å²) in [6, 6.07) is 2.72. The average Bonchev–Trinajstić information content (AvgIpc) is 2.86. The average molecular weight is 328 g/mol. The first-order valence-corrected chi connectivity index (χ1v) is 8.99. The molecular weight excluding hydrogens is 302 g/mol. The van der Waals surface area contributed by atoms with Gasteiger partial charge < -0.3 is 4.90 Å². The molecule has 0 aliphatic carbocycles. The van der Waals surface area contributed by atoms with Gasteiger partial charge in [-0.2, -0.15) is 5.26 Å². The third-order valence-electron chi connectivity index (χ3n) is 2.93. The minimum absolute atomic E-state index is 0.329. The van der Waals surface area contributed by atoms with Crippen LogP contribution in [0.4, 0.5) is 5.13 Å². The number of nitriles is 1. The van der Waals surface area contributed by atoms with Crippen molar-refractivity contribution in [3.05, 3.63) is 0 Å². The molecule has 7 heteroatoms. The minimum atomic E-state index is -0.417. The number of aromatic nitrogens is 2. The highest BCUT2D eigenvalue weighted by Crippen LogP contribution is 2.27. The number of unbranched alkanes of at least 4 members (excludes halogenated alkanes) is 1. The Morgan fingerprint density at radius 2 is 2.10 bits per heavy atom. The first kappa shape index (κ1) is 18.2. The Kier molecular flexibility index (Phi) is 7.43. The van der Waals surface area contributed by atoms with Gasteiger partial charge in [-0.3, -0.25) is 5.32 Å². The third-order valence-corrected chi connectivity index (χ3v) is 5.24. The van der Waals surface area contributed by atoms with Crippen molar-refractivity contribution in [2.75, 3.05) is 24.7 Å². The van der Waals surface area contributed by atoms with Gasteiger partial charge in [0.25, 0.3) is 0 Å². The SMILES string of the molecule is CC(C)NC(C)(C#N)CCCCSc1nnc(N(C)C)s1. The summed E-state index contributed by atoms with van der Waals surface area (Å²) in [6.45, 7) is 6.13. The highest BCUT2D eigenvalue weighted by molar-refractivity contribution is 8.01. The van der Waals surface area contributed by atoms with Crippen molar-refractivity contribution < 1.29 is 0 Å². The van der Waals surface area contributed by atoms with Crippen molar-refractivity contribution in [1.82, 2.24) is 15.5 Å². The number of nitrogens with one attached hydrogen (secondary N) is 1. The van der Waals surface area contributed by atoms with Gasteiger partial charge in [0.1, 0.15) is 5.54 Å². The lowest BCUT2D eigenvalue weighted by molar-refractivity contribution is 0.372. The molecule has 0 spiro atoms. The fourth-order valence-electron chi connectivity index (χ4n) is 1.98. The van der Waals surface area contributed by atoms with Crippen LogP contribution < -0.4 is 10.2 Å². The molecular formula is C14H25N5S2. The zero-order valence-electron chi connectivity index (χ0n) is 13.5. The van der Waals surface area contributed by atoms with E-state index in [-0.39, 0.29) is 0 Å². The maximum atomic E-state index is 9.28. The predicted octanol–water partition coefficient (Wildman–Crippen LogP) is 3.15. The second-order valence-electron chi connectivity index (χ2n) is 5.79. The highest BCUT2D eigenvalue weighted by atomic mass is 32.2. The molecule has 5 nitrogen and oxygen atoms in total. The molecule has 1 atom stereocenters. The second kappa shape index (κ2) is 8.57. The van der Waals surface area contributed by atoms with E-state index >= 15 is 0 Å². The van der Waals surface area contributed by atoms with E-state index in [1.807, 2.05) is 25.9 Å². The normalized spacial score (nSPS) is 14.0. The number of rotatable bonds is 9. The molecule has 0 amide bonds. The summed E-state index contributed by atoms with van der Waals surface area (Å²) in [5.74, 6) is 1.02. The molecule has 118 valence electrons. The lowest BCUT2D eigenvalue weighted by Gasteiger charge is -2.25. The summed E-state index contributed by atoms with van der Waals surface area (Å²) in [4.78, 5) is 1.97. The van der Waals surface area contributed by atoms with Crippen LogP contribution in [-0.2, 0) is 0 Å². The van der Waals surface area contributed by atoms with E-state index in [0.29, 0.717) is 6.04 Å². The molecule has 0 radical (unpaired) electrons. The van der Waals surface area contributed by atoms with Crippen molar-refractivity contribution in [2.24, 2.45) is 0 Å². The Hall–Kier alpha value is -0.840.